The van der Waals surface area contributed by atoms with Crippen molar-refractivity contribution in [3.8, 4) is 0 Å². The molecular formula is C9H6ClFO3. The zero-order valence-electron chi connectivity index (χ0n) is 6.96. The summed E-state index contributed by atoms with van der Waals surface area (Å²) in [6.45, 7) is 0. The Morgan fingerprint density at radius 1 is 1.43 bits per heavy atom. The monoisotopic (exact) mass is 216 g/mol. The Morgan fingerprint density at radius 3 is 2.57 bits per heavy atom. The fourth-order valence-electron chi connectivity index (χ4n) is 0.911. The molecule has 0 fully saturated rings. The van der Waals surface area contributed by atoms with Gasteiger partial charge in [-0.15, -0.1) is 0 Å². The number of rotatable bonds is 3. The van der Waals surface area contributed by atoms with Crippen molar-refractivity contribution >= 4 is 23.4 Å². The van der Waals surface area contributed by atoms with E-state index in [0.717, 1.165) is 6.07 Å². The number of carboxylic acids is 1. The second kappa shape index (κ2) is 4.19. The highest BCUT2D eigenvalue weighted by Crippen LogP contribution is 2.16. The van der Waals surface area contributed by atoms with Gasteiger partial charge in [0, 0.05) is 6.42 Å². The molecular weight excluding hydrogens is 211 g/mol. The third-order valence-electron chi connectivity index (χ3n) is 1.59. The number of benzene rings is 1. The van der Waals surface area contributed by atoms with Crippen LogP contribution in [0, 0.1) is 5.82 Å². The molecule has 1 N–H and O–H groups in total. The SMILES string of the molecule is O=C(O)C(=O)Cc1ccc(F)c(Cl)c1. The molecule has 1 rings (SSSR count). The zero-order chi connectivity index (χ0) is 10.7. The molecule has 1 aromatic rings. The van der Waals surface area contributed by atoms with Crippen LogP contribution in [0.3, 0.4) is 0 Å². The quantitative estimate of drug-likeness (QED) is 0.782. The summed E-state index contributed by atoms with van der Waals surface area (Å²) in [5, 5.41) is 8.19. The Bertz CT molecular complexity index is 390. The Hall–Kier alpha value is -1.42. The first kappa shape index (κ1) is 10.7. The Balaban J connectivity index is 2.83. The molecule has 5 heteroatoms. The van der Waals surface area contributed by atoms with Gasteiger partial charge in [-0.05, 0) is 17.7 Å². The standard InChI is InChI=1S/C9H6ClFO3/c10-6-3-5(1-2-7(6)11)4-8(12)9(13)14/h1-3H,4H2,(H,13,14). The highest BCUT2D eigenvalue weighted by atomic mass is 35.5. The van der Waals surface area contributed by atoms with Crippen LogP contribution < -0.4 is 0 Å². The second-order valence-corrected chi connectivity index (χ2v) is 3.06. The van der Waals surface area contributed by atoms with Crippen molar-refractivity contribution in [3.05, 3.63) is 34.6 Å². The summed E-state index contributed by atoms with van der Waals surface area (Å²) in [6.07, 6.45) is -0.282. The van der Waals surface area contributed by atoms with Gasteiger partial charge in [0.15, 0.2) is 0 Å². The van der Waals surface area contributed by atoms with Crippen LogP contribution in [0.4, 0.5) is 4.39 Å². The van der Waals surface area contributed by atoms with Crippen LogP contribution in [0.25, 0.3) is 0 Å². The first-order valence-corrected chi connectivity index (χ1v) is 4.08. The van der Waals surface area contributed by atoms with Crippen LogP contribution in [0.1, 0.15) is 5.56 Å². The van der Waals surface area contributed by atoms with Crippen molar-refractivity contribution in [2.45, 2.75) is 6.42 Å². The third-order valence-corrected chi connectivity index (χ3v) is 1.88. The molecule has 0 atom stereocenters. The lowest BCUT2D eigenvalue weighted by molar-refractivity contribution is -0.148. The van der Waals surface area contributed by atoms with E-state index < -0.39 is 17.6 Å². The van der Waals surface area contributed by atoms with Crippen LogP contribution >= 0.6 is 11.6 Å². The number of hydrogen-bond acceptors (Lipinski definition) is 2. The maximum Gasteiger partial charge on any atom is 0.372 e. The second-order valence-electron chi connectivity index (χ2n) is 2.65. The summed E-state index contributed by atoms with van der Waals surface area (Å²) < 4.78 is 12.7. The molecule has 14 heavy (non-hydrogen) atoms. The molecule has 0 radical (unpaired) electrons. The lowest BCUT2D eigenvalue weighted by Crippen LogP contribution is -2.14. The van der Waals surface area contributed by atoms with Gasteiger partial charge in [0.1, 0.15) is 5.82 Å². The van der Waals surface area contributed by atoms with Crippen molar-refractivity contribution in [1.82, 2.24) is 0 Å². The summed E-state index contributed by atoms with van der Waals surface area (Å²) in [6, 6.07) is 3.65. The fourth-order valence-corrected chi connectivity index (χ4v) is 1.11. The molecule has 0 amide bonds. The molecule has 0 saturated heterocycles. The highest BCUT2D eigenvalue weighted by Gasteiger charge is 2.12. The van der Waals surface area contributed by atoms with Crippen LogP contribution in [0.2, 0.25) is 5.02 Å². The summed E-state index contributed by atoms with van der Waals surface area (Å²) in [7, 11) is 0. The van der Waals surface area contributed by atoms with Gasteiger partial charge >= 0.3 is 5.97 Å². The molecule has 0 unspecified atom stereocenters. The van der Waals surface area contributed by atoms with Crippen molar-refractivity contribution in [1.29, 1.82) is 0 Å². The average molecular weight is 217 g/mol. The molecule has 0 aromatic heterocycles. The van der Waals surface area contributed by atoms with E-state index in [1.54, 1.807) is 0 Å². The molecule has 0 aliphatic carbocycles. The summed E-state index contributed by atoms with van der Waals surface area (Å²) in [5.41, 5.74) is 0.379. The molecule has 74 valence electrons. The number of ketones is 1. The number of carbonyl (C=O) groups is 2. The minimum Gasteiger partial charge on any atom is -0.475 e. The number of Topliss-reactive ketones (excluding diaryl/α,β-unsaturated/α-hetero) is 1. The minimum atomic E-state index is -1.51. The highest BCUT2D eigenvalue weighted by molar-refractivity contribution is 6.33. The average Bonchev–Trinajstić information content (AvgIpc) is 2.11. The van der Waals surface area contributed by atoms with Gasteiger partial charge in [0.05, 0.1) is 5.02 Å². The van der Waals surface area contributed by atoms with Gasteiger partial charge in [0.25, 0.3) is 0 Å². The van der Waals surface area contributed by atoms with Gasteiger partial charge in [-0.25, -0.2) is 9.18 Å². The van der Waals surface area contributed by atoms with Gasteiger partial charge in [0.2, 0.25) is 5.78 Å². The van der Waals surface area contributed by atoms with Crippen LogP contribution in [-0.4, -0.2) is 16.9 Å². The van der Waals surface area contributed by atoms with Crippen molar-refractivity contribution in [3.63, 3.8) is 0 Å². The fraction of sp³-hybridized carbons (Fsp3) is 0.111. The molecule has 0 spiro atoms. The van der Waals surface area contributed by atoms with E-state index in [1.165, 1.54) is 12.1 Å². The molecule has 1 aromatic carbocycles. The van der Waals surface area contributed by atoms with E-state index in [9.17, 15) is 14.0 Å². The van der Waals surface area contributed by atoms with Crippen LogP contribution in [-0.2, 0) is 16.0 Å². The van der Waals surface area contributed by atoms with Gasteiger partial charge < -0.3 is 5.11 Å². The third kappa shape index (κ3) is 2.53. The summed E-state index contributed by atoms with van der Waals surface area (Å²) in [5.74, 6) is -3.06. The lowest BCUT2D eigenvalue weighted by Gasteiger charge is -1.99. The summed E-state index contributed by atoms with van der Waals surface area (Å²) >= 11 is 5.44. The Morgan fingerprint density at radius 2 is 2.07 bits per heavy atom. The molecule has 0 bridgehead atoms. The maximum absolute atomic E-state index is 12.7. The largest absolute Gasteiger partial charge is 0.475 e. The number of carboxylic acid groups (broad SMARTS) is 1. The van der Waals surface area contributed by atoms with E-state index in [1.807, 2.05) is 0 Å². The minimum absolute atomic E-state index is 0.124. The molecule has 0 saturated carbocycles. The first-order valence-electron chi connectivity index (χ1n) is 3.70. The van der Waals surface area contributed by atoms with E-state index in [4.69, 9.17) is 16.7 Å². The van der Waals surface area contributed by atoms with E-state index in [2.05, 4.69) is 0 Å². The predicted octanol–water partition coefficient (Wildman–Crippen LogP) is 1.68. The maximum atomic E-state index is 12.7. The Labute approximate surface area is 84.1 Å². The topological polar surface area (TPSA) is 54.4 Å². The zero-order valence-corrected chi connectivity index (χ0v) is 7.71. The molecule has 0 aliphatic rings. The Kier molecular flexibility index (Phi) is 3.19. The van der Waals surface area contributed by atoms with E-state index in [0.29, 0.717) is 5.56 Å². The van der Waals surface area contributed by atoms with Gasteiger partial charge in [-0.3, -0.25) is 4.79 Å². The first-order chi connectivity index (χ1) is 6.50. The van der Waals surface area contributed by atoms with Gasteiger partial charge in [-0.1, -0.05) is 17.7 Å². The van der Waals surface area contributed by atoms with Crippen molar-refractivity contribution < 1.29 is 19.1 Å². The number of hydrogen-bond donors (Lipinski definition) is 1. The number of carbonyl (C=O) groups excluding carboxylic acids is 1. The van der Waals surface area contributed by atoms with Crippen LogP contribution in [0.5, 0.6) is 0 Å². The molecule has 0 aliphatic heterocycles. The number of aliphatic carboxylic acids is 1. The van der Waals surface area contributed by atoms with Gasteiger partial charge in [-0.2, -0.15) is 0 Å². The lowest BCUT2D eigenvalue weighted by atomic mass is 10.1. The van der Waals surface area contributed by atoms with Crippen molar-refractivity contribution in [2.75, 3.05) is 0 Å². The van der Waals surface area contributed by atoms with E-state index >= 15 is 0 Å². The normalized spacial score (nSPS) is 9.86. The number of halogens is 2. The smallest absolute Gasteiger partial charge is 0.372 e. The van der Waals surface area contributed by atoms with E-state index in [-0.39, 0.29) is 11.4 Å². The predicted molar refractivity (Wildman–Crippen MR) is 47.8 cm³/mol. The summed E-state index contributed by atoms with van der Waals surface area (Å²) in [4.78, 5) is 21.0. The van der Waals surface area contributed by atoms with Crippen LogP contribution in [0.15, 0.2) is 18.2 Å². The molecule has 3 nitrogen and oxygen atoms in total. The molecule has 0 heterocycles. The van der Waals surface area contributed by atoms with Crippen molar-refractivity contribution in [2.24, 2.45) is 0 Å².